The number of alkyl halides is 3. The molecule has 10 heteroatoms. The molecule has 0 bridgehead atoms. The van der Waals surface area contributed by atoms with Crippen molar-refractivity contribution in [3.63, 3.8) is 0 Å². The maximum Gasteiger partial charge on any atom is 0.416 e. The van der Waals surface area contributed by atoms with Crippen LogP contribution in [-0.2, 0) is 15.8 Å². The number of hydrogen-bond acceptors (Lipinski definition) is 4. The van der Waals surface area contributed by atoms with Crippen LogP contribution < -0.4 is 10.6 Å². The molecule has 33 heavy (non-hydrogen) atoms. The number of fused-ring (bicyclic) bond motifs is 2. The second kappa shape index (κ2) is 9.09. The first kappa shape index (κ1) is 23.2. The molecule has 0 saturated carbocycles. The van der Waals surface area contributed by atoms with Crippen molar-refractivity contribution < 1.29 is 22.8 Å². The van der Waals surface area contributed by atoms with E-state index in [0.29, 0.717) is 17.1 Å². The zero-order chi connectivity index (χ0) is 23.8. The summed E-state index contributed by atoms with van der Waals surface area (Å²) in [7, 11) is 0. The SMILES string of the molecule is CC(C)C[C@H](NC(=O)C[C@H]1Sc2ccc(C(F)(F)F)cc2NC1=O)c1nc2ccccc2[nH]1. The minimum atomic E-state index is -4.50. The maximum absolute atomic E-state index is 12.9. The lowest BCUT2D eigenvalue weighted by Crippen LogP contribution is -2.37. The Morgan fingerprint density at radius 3 is 2.67 bits per heavy atom. The first-order valence-corrected chi connectivity index (χ1v) is 11.4. The van der Waals surface area contributed by atoms with Crippen molar-refractivity contribution in [1.29, 1.82) is 0 Å². The number of para-hydroxylation sites is 2. The number of imidazole rings is 1. The van der Waals surface area contributed by atoms with E-state index in [1.807, 2.05) is 38.1 Å². The van der Waals surface area contributed by atoms with Gasteiger partial charge >= 0.3 is 6.18 Å². The Balaban J connectivity index is 1.47. The van der Waals surface area contributed by atoms with Crippen molar-refractivity contribution in [2.24, 2.45) is 5.92 Å². The summed E-state index contributed by atoms with van der Waals surface area (Å²) < 4.78 is 38.8. The van der Waals surface area contributed by atoms with Crippen LogP contribution >= 0.6 is 11.8 Å². The van der Waals surface area contributed by atoms with Gasteiger partial charge in [-0.25, -0.2) is 4.98 Å². The average Bonchev–Trinajstić information content (AvgIpc) is 3.17. The molecular formula is C23H23F3N4O2S. The lowest BCUT2D eigenvalue weighted by molar-refractivity contribution is -0.137. The highest BCUT2D eigenvalue weighted by Crippen LogP contribution is 2.40. The lowest BCUT2D eigenvalue weighted by Gasteiger charge is -2.25. The molecule has 0 spiro atoms. The highest BCUT2D eigenvalue weighted by Gasteiger charge is 2.34. The normalized spacial score (nSPS) is 17.0. The van der Waals surface area contributed by atoms with Gasteiger partial charge < -0.3 is 15.6 Å². The van der Waals surface area contributed by atoms with Gasteiger partial charge in [0, 0.05) is 11.3 Å². The fourth-order valence-electron chi connectivity index (χ4n) is 3.73. The Labute approximate surface area is 192 Å². The average molecular weight is 477 g/mol. The number of aromatic nitrogens is 2. The number of carbonyl (C=O) groups excluding carboxylic acids is 2. The molecule has 2 aromatic carbocycles. The molecule has 3 N–H and O–H groups in total. The van der Waals surface area contributed by atoms with Crippen LogP contribution in [0, 0.1) is 5.92 Å². The van der Waals surface area contributed by atoms with E-state index in [9.17, 15) is 22.8 Å². The summed E-state index contributed by atoms with van der Waals surface area (Å²) >= 11 is 1.09. The van der Waals surface area contributed by atoms with Crippen LogP contribution in [0.2, 0.25) is 0 Å². The van der Waals surface area contributed by atoms with Gasteiger partial charge in [0.05, 0.1) is 33.6 Å². The van der Waals surface area contributed by atoms with Crippen molar-refractivity contribution in [3.05, 3.63) is 53.9 Å². The van der Waals surface area contributed by atoms with Crippen molar-refractivity contribution in [2.45, 2.75) is 49.1 Å². The molecule has 0 radical (unpaired) electrons. The van der Waals surface area contributed by atoms with Crippen molar-refractivity contribution in [1.82, 2.24) is 15.3 Å². The molecule has 6 nitrogen and oxygen atoms in total. The minimum absolute atomic E-state index is 0.105. The Morgan fingerprint density at radius 2 is 1.97 bits per heavy atom. The fraction of sp³-hybridized carbons (Fsp3) is 0.348. The highest BCUT2D eigenvalue weighted by atomic mass is 32.2. The molecule has 0 aliphatic carbocycles. The van der Waals surface area contributed by atoms with Gasteiger partial charge in [-0.2, -0.15) is 13.2 Å². The van der Waals surface area contributed by atoms with E-state index in [1.54, 1.807) is 0 Å². The van der Waals surface area contributed by atoms with Gasteiger partial charge in [-0.05, 0) is 42.7 Å². The summed E-state index contributed by atoms with van der Waals surface area (Å²) in [5.41, 5.74) is 0.942. The topological polar surface area (TPSA) is 86.9 Å². The third kappa shape index (κ3) is 5.32. The van der Waals surface area contributed by atoms with Gasteiger partial charge in [0.2, 0.25) is 11.8 Å². The second-order valence-corrected chi connectivity index (χ2v) is 9.64. The predicted molar refractivity (Wildman–Crippen MR) is 121 cm³/mol. The van der Waals surface area contributed by atoms with E-state index in [4.69, 9.17) is 0 Å². The molecule has 0 saturated heterocycles. The van der Waals surface area contributed by atoms with Crippen LogP contribution in [0.5, 0.6) is 0 Å². The second-order valence-electron chi connectivity index (χ2n) is 8.40. The number of aromatic amines is 1. The minimum Gasteiger partial charge on any atom is -0.346 e. The summed E-state index contributed by atoms with van der Waals surface area (Å²) in [5.74, 6) is 0.102. The van der Waals surface area contributed by atoms with E-state index in [0.717, 1.165) is 34.9 Å². The Kier molecular flexibility index (Phi) is 6.38. The van der Waals surface area contributed by atoms with Gasteiger partial charge in [0.25, 0.3) is 0 Å². The van der Waals surface area contributed by atoms with Crippen LogP contribution in [-0.4, -0.2) is 27.0 Å². The van der Waals surface area contributed by atoms with E-state index >= 15 is 0 Å². The molecule has 1 aromatic heterocycles. The van der Waals surface area contributed by atoms with E-state index in [2.05, 4.69) is 20.6 Å². The summed E-state index contributed by atoms with van der Waals surface area (Å²) in [6.45, 7) is 4.08. The summed E-state index contributed by atoms with van der Waals surface area (Å²) in [6.07, 6.45) is -3.95. The Morgan fingerprint density at radius 1 is 1.21 bits per heavy atom. The van der Waals surface area contributed by atoms with Crippen molar-refractivity contribution in [3.8, 4) is 0 Å². The number of nitrogens with one attached hydrogen (secondary N) is 3. The lowest BCUT2D eigenvalue weighted by atomic mass is 10.0. The predicted octanol–water partition coefficient (Wildman–Crippen LogP) is 5.29. The highest BCUT2D eigenvalue weighted by molar-refractivity contribution is 8.01. The van der Waals surface area contributed by atoms with Crippen LogP contribution in [0.15, 0.2) is 47.4 Å². The summed E-state index contributed by atoms with van der Waals surface area (Å²) in [4.78, 5) is 33.7. The molecule has 3 aromatic rings. The zero-order valence-corrected chi connectivity index (χ0v) is 18.8. The number of nitrogens with zero attached hydrogens (tertiary/aromatic N) is 1. The summed E-state index contributed by atoms with van der Waals surface area (Å²) in [5, 5.41) is 4.73. The Hall–Kier alpha value is -3.01. The third-order valence-electron chi connectivity index (χ3n) is 5.28. The monoisotopic (exact) mass is 476 g/mol. The van der Waals surface area contributed by atoms with E-state index < -0.39 is 22.9 Å². The Bertz CT molecular complexity index is 1160. The molecule has 1 aliphatic rings. The maximum atomic E-state index is 12.9. The van der Waals surface area contributed by atoms with Crippen LogP contribution in [0.4, 0.5) is 18.9 Å². The number of halogens is 3. The summed E-state index contributed by atoms with van der Waals surface area (Å²) in [6, 6.07) is 10.4. The fourth-order valence-corrected chi connectivity index (χ4v) is 4.82. The smallest absolute Gasteiger partial charge is 0.346 e. The largest absolute Gasteiger partial charge is 0.416 e. The van der Waals surface area contributed by atoms with Gasteiger partial charge in [-0.3, -0.25) is 9.59 Å². The number of thioether (sulfide) groups is 1. The molecule has 174 valence electrons. The van der Waals surface area contributed by atoms with Crippen LogP contribution in [0.3, 0.4) is 0 Å². The number of hydrogen-bond donors (Lipinski definition) is 3. The van der Waals surface area contributed by atoms with Crippen LogP contribution in [0.25, 0.3) is 11.0 Å². The first-order chi connectivity index (χ1) is 15.6. The number of carbonyl (C=O) groups is 2. The van der Waals surface area contributed by atoms with Gasteiger partial charge in [0.1, 0.15) is 5.82 Å². The quantitative estimate of drug-likeness (QED) is 0.451. The van der Waals surface area contributed by atoms with Gasteiger partial charge in [0.15, 0.2) is 0 Å². The van der Waals surface area contributed by atoms with E-state index in [-0.39, 0.29) is 30.0 Å². The molecule has 1 aliphatic heterocycles. The first-order valence-electron chi connectivity index (χ1n) is 10.5. The van der Waals surface area contributed by atoms with E-state index in [1.165, 1.54) is 6.07 Å². The number of amides is 2. The van der Waals surface area contributed by atoms with Crippen LogP contribution in [0.1, 0.15) is 44.1 Å². The molecular weight excluding hydrogens is 453 g/mol. The molecule has 4 rings (SSSR count). The molecule has 2 heterocycles. The third-order valence-corrected chi connectivity index (χ3v) is 6.55. The number of H-pyrrole nitrogens is 1. The number of rotatable bonds is 6. The molecule has 0 unspecified atom stereocenters. The van der Waals surface area contributed by atoms with Gasteiger partial charge in [-0.1, -0.05) is 26.0 Å². The number of anilines is 1. The molecule has 2 atom stereocenters. The van der Waals surface area contributed by atoms with Gasteiger partial charge in [-0.15, -0.1) is 11.8 Å². The molecule has 2 amide bonds. The number of benzene rings is 2. The van der Waals surface area contributed by atoms with Crippen molar-refractivity contribution in [2.75, 3.05) is 5.32 Å². The zero-order valence-electron chi connectivity index (χ0n) is 18.0. The molecule has 0 fully saturated rings. The van der Waals surface area contributed by atoms with Crippen molar-refractivity contribution >= 4 is 40.3 Å². The standard InChI is InChI=1S/C23H23F3N4O2S/c1-12(2)9-17(21-28-14-5-3-4-6-15(14)29-21)27-20(31)11-19-22(32)30-16-10-13(23(24,25)26)7-8-18(16)33-19/h3-8,10,12,17,19H,9,11H2,1-2H3,(H,27,31)(H,28,29)(H,30,32)/t17-,19+/m0/s1.